The second kappa shape index (κ2) is 5.31. The molecule has 1 saturated heterocycles. The first-order valence-electron chi connectivity index (χ1n) is 8.31. The second-order valence-corrected chi connectivity index (χ2v) is 6.81. The minimum absolute atomic E-state index is 0.0308. The largest absolute Gasteiger partial charge is 0.497 e. The summed E-state index contributed by atoms with van der Waals surface area (Å²) in [7, 11) is 1.54. The van der Waals surface area contributed by atoms with Gasteiger partial charge in [-0.2, -0.15) is 8.78 Å². The summed E-state index contributed by atoms with van der Waals surface area (Å²) < 4.78 is 41.5. The Hall–Kier alpha value is -1.88. The smallest absolute Gasteiger partial charge is 0.289 e. The molecule has 4 rings (SSSR count). The Balaban J connectivity index is 1.98. The van der Waals surface area contributed by atoms with Crippen LogP contribution in [-0.4, -0.2) is 31.1 Å². The summed E-state index contributed by atoms with van der Waals surface area (Å²) >= 11 is 0. The normalized spacial score (nSPS) is 30.2. The molecule has 3 atom stereocenters. The van der Waals surface area contributed by atoms with Gasteiger partial charge in [0.15, 0.2) is 0 Å². The third-order valence-electron chi connectivity index (χ3n) is 5.48. The first-order valence-corrected chi connectivity index (χ1v) is 8.31. The molecule has 0 radical (unpaired) electrons. The molecule has 3 nitrogen and oxygen atoms in total. The summed E-state index contributed by atoms with van der Waals surface area (Å²) in [6, 6.07) is 5.17. The third kappa shape index (κ3) is 2.18. The van der Waals surface area contributed by atoms with E-state index in [2.05, 4.69) is 0 Å². The van der Waals surface area contributed by atoms with Crippen molar-refractivity contribution in [3.05, 3.63) is 41.2 Å². The molecular weight excluding hydrogens is 312 g/mol. The van der Waals surface area contributed by atoms with E-state index >= 15 is 8.78 Å². The van der Waals surface area contributed by atoms with Crippen LogP contribution in [0, 0.1) is 0 Å². The van der Waals surface area contributed by atoms with Crippen LogP contribution < -0.4 is 4.74 Å². The lowest BCUT2D eigenvalue weighted by Crippen LogP contribution is -2.45. The van der Waals surface area contributed by atoms with Crippen LogP contribution in [0.1, 0.15) is 37.5 Å². The number of furan rings is 1. The number of piperidine rings is 1. The summed E-state index contributed by atoms with van der Waals surface area (Å²) in [4.78, 5) is 1.88. The van der Waals surface area contributed by atoms with Crippen LogP contribution in [0.3, 0.4) is 0 Å². The molecule has 3 unspecified atom stereocenters. The molecule has 5 heteroatoms. The van der Waals surface area contributed by atoms with Crippen molar-refractivity contribution in [2.75, 3.05) is 20.2 Å². The average Bonchev–Trinajstić information content (AvgIpc) is 2.93. The van der Waals surface area contributed by atoms with Gasteiger partial charge in [-0.3, -0.25) is 4.90 Å². The molecule has 0 N–H and O–H groups in total. The van der Waals surface area contributed by atoms with Crippen molar-refractivity contribution in [3.8, 4) is 5.75 Å². The molecule has 1 aromatic carbocycles. The van der Waals surface area contributed by atoms with Crippen molar-refractivity contribution in [2.24, 2.45) is 0 Å². The zero-order chi connectivity index (χ0) is 17.1. The van der Waals surface area contributed by atoms with E-state index in [9.17, 15) is 0 Å². The highest BCUT2D eigenvalue weighted by molar-refractivity contribution is 5.85. The summed E-state index contributed by atoms with van der Waals surface area (Å²) in [5.74, 6) is -1.99. The highest BCUT2D eigenvalue weighted by Crippen LogP contribution is 2.50. The van der Waals surface area contributed by atoms with Gasteiger partial charge in [-0.15, -0.1) is 0 Å². The van der Waals surface area contributed by atoms with Gasteiger partial charge in [0.25, 0.3) is 5.92 Å². The minimum atomic E-state index is -2.95. The van der Waals surface area contributed by atoms with Crippen LogP contribution >= 0.6 is 0 Å². The number of benzene rings is 1. The average molecular weight is 333 g/mol. The van der Waals surface area contributed by atoms with Crippen LogP contribution in [0.5, 0.6) is 5.75 Å². The molecular formula is C19H21F2NO2. The topological polar surface area (TPSA) is 25.6 Å². The number of methoxy groups -OCH3 is 1. The van der Waals surface area contributed by atoms with Gasteiger partial charge in [0.2, 0.25) is 0 Å². The predicted octanol–water partition coefficient (Wildman–Crippen LogP) is 4.67. The maximum atomic E-state index is 15.1. The lowest BCUT2D eigenvalue weighted by atomic mass is 9.85. The molecule has 0 amide bonds. The molecule has 1 fully saturated rings. The van der Waals surface area contributed by atoms with Gasteiger partial charge in [0.05, 0.1) is 19.2 Å². The van der Waals surface area contributed by atoms with Crippen molar-refractivity contribution < 1.29 is 17.9 Å². The van der Waals surface area contributed by atoms with E-state index in [4.69, 9.17) is 9.15 Å². The van der Waals surface area contributed by atoms with Crippen molar-refractivity contribution >= 4 is 11.0 Å². The lowest BCUT2D eigenvalue weighted by Gasteiger charge is -2.38. The lowest BCUT2D eigenvalue weighted by molar-refractivity contribution is -0.0410. The summed E-state index contributed by atoms with van der Waals surface area (Å²) in [5, 5.41) is 0.470. The monoisotopic (exact) mass is 333 g/mol. The minimum Gasteiger partial charge on any atom is -0.497 e. The van der Waals surface area contributed by atoms with E-state index < -0.39 is 5.92 Å². The van der Waals surface area contributed by atoms with E-state index in [0.29, 0.717) is 29.0 Å². The summed E-state index contributed by atoms with van der Waals surface area (Å²) in [5.41, 5.74) is 1.75. The Morgan fingerprint density at radius 1 is 1.38 bits per heavy atom. The fourth-order valence-electron chi connectivity index (χ4n) is 4.09. The number of hydrogen-bond donors (Lipinski definition) is 0. The molecule has 2 aliphatic rings. The van der Waals surface area contributed by atoms with Gasteiger partial charge >= 0.3 is 0 Å². The number of fused-ring (bicyclic) bond motifs is 6. The number of ether oxygens (including phenoxy) is 1. The predicted molar refractivity (Wildman–Crippen MR) is 88.8 cm³/mol. The molecule has 2 aromatic rings. The number of halogens is 2. The van der Waals surface area contributed by atoms with Gasteiger partial charge in [0, 0.05) is 23.9 Å². The van der Waals surface area contributed by atoms with E-state index in [1.165, 1.54) is 12.7 Å². The standard InChI is InChI=1S/C19H21F2NO2/c1-4-12-7-14-11(2)22(9-12)10-19(20,21)17-15-8-13(23-3)5-6-16(15)24-18(14)17/h4-6,8,11,14H,7,9-10H2,1-3H3. The van der Waals surface area contributed by atoms with E-state index in [0.717, 1.165) is 6.42 Å². The van der Waals surface area contributed by atoms with E-state index in [-0.39, 0.29) is 24.1 Å². The molecule has 2 aliphatic heterocycles. The highest BCUT2D eigenvalue weighted by atomic mass is 19.3. The van der Waals surface area contributed by atoms with Crippen LogP contribution in [0.2, 0.25) is 0 Å². The van der Waals surface area contributed by atoms with Gasteiger partial charge in [-0.05, 0) is 38.5 Å². The number of allylic oxidation sites excluding steroid dienone is 1. The maximum Gasteiger partial charge on any atom is 0.289 e. The Labute approximate surface area is 139 Å². The van der Waals surface area contributed by atoms with E-state index in [1.807, 2.05) is 24.8 Å². The molecule has 3 heterocycles. The van der Waals surface area contributed by atoms with Crippen LogP contribution in [0.25, 0.3) is 11.0 Å². The Kier molecular flexibility index (Phi) is 3.46. The van der Waals surface area contributed by atoms with Gasteiger partial charge in [-0.1, -0.05) is 11.6 Å². The first-order chi connectivity index (χ1) is 11.4. The maximum absolute atomic E-state index is 15.1. The van der Waals surface area contributed by atoms with Crippen molar-refractivity contribution in [3.63, 3.8) is 0 Å². The van der Waals surface area contributed by atoms with Crippen molar-refractivity contribution in [1.82, 2.24) is 4.90 Å². The molecule has 0 spiro atoms. The molecule has 1 aromatic heterocycles. The van der Waals surface area contributed by atoms with Gasteiger partial charge < -0.3 is 9.15 Å². The summed E-state index contributed by atoms with van der Waals surface area (Å²) in [6.07, 6.45) is 2.81. The molecule has 0 aliphatic carbocycles. The first kappa shape index (κ1) is 15.6. The van der Waals surface area contributed by atoms with Crippen molar-refractivity contribution in [2.45, 2.75) is 38.2 Å². The zero-order valence-corrected chi connectivity index (χ0v) is 14.1. The molecule has 128 valence electrons. The number of nitrogens with zero attached hydrogens (tertiary/aromatic N) is 1. The second-order valence-electron chi connectivity index (χ2n) is 6.81. The molecule has 24 heavy (non-hydrogen) atoms. The van der Waals surface area contributed by atoms with Crippen molar-refractivity contribution in [1.29, 1.82) is 0 Å². The Morgan fingerprint density at radius 3 is 2.88 bits per heavy atom. The van der Waals surface area contributed by atoms with Crippen LogP contribution in [-0.2, 0) is 5.92 Å². The number of hydrogen-bond acceptors (Lipinski definition) is 3. The quantitative estimate of drug-likeness (QED) is 0.709. The van der Waals surface area contributed by atoms with Gasteiger partial charge in [-0.25, -0.2) is 0 Å². The highest BCUT2D eigenvalue weighted by Gasteiger charge is 2.49. The SMILES string of the molecule is CC=C1CC2c3oc4ccc(OC)cc4c3C(F)(F)CN(C1)C2C. The van der Waals surface area contributed by atoms with Gasteiger partial charge in [0.1, 0.15) is 17.1 Å². The van der Waals surface area contributed by atoms with Crippen LogP contribution in [0.15, 0.2) is 34.3 Å². The molecule has 0 saturated carbocycles. The Bertz CT molecular complexity index is 824. The third-order valence-corrected chi connectivity index (χ3v) is 5.48. The fraction of sp³-hybridized carbons (Fsp3) is 0.474. The fourth-order valence-corrected chi connectivity index (χ4v) is 4.09. The zero-order valence-electron chi connectivity index (χ0n) is 14.1. The van der Waals surface area contributed by atoms with Crippen LogP contribution in [0.4, 0.5) is 8.78 Å². The number of alkyl halides is 2. The summed E-state index contributed by atoms with van der Waals surface area (Å²) in [6.45, 7) is 4.33. The molecule has 2 bridgehead atoms. The van der Waals surface area contributed by atoms with E-state index in [1.54, 1.807) is 18.2 Å². The number of rotatable bonds is 1. The Morgan fingerprint density at radius 2 is 2.17 bits per heavy atom.